The van der Waals surface area contributed by atoms with E-state index >= 15 is 0 Å². The van der Waals surface area contributed by atoms with Crippen molar-refractivity contribution in [2.24, 2.45) is 11.7 Å². The van der Waals surface area contributed by atoms with Gasteiger partial charge in [-0.05, 0) is 29.8 Å². The number of aromatic hydroxyl groups is 1. The number of hydrogen-bond donors (Lipinski definition) is 4. The van der Waals surface area contributed by atoms with Gasteiger partial charge in [-0.15, -0.1) is 0 Å². The van der Waals surface area contributed by atoms with Crippen LogP contribution in [0.15, 0.2) is 60.1 Å². The molecule has 5 N–H and O–H groups in total. The quantitative estimate of drug-likeness (QED) is 0.655. The number of nitrogens with two attached hydrogens (primary N) is 1. The molecule has 0 aliphatic carbocycles. The number of hydrazine groups is 1. The fraction of sp³-hybridized carbons (Fsp3) is 0.222. The Labute approximate surface area is 144 Å². The van der Waals surface area contributed by atoms with Gasteiger partial charge in [0.2, 0.25) is 5.88 Å². The highest BCUT2D eigenvalue weighted by atomic mass is 16.5. The van der Waals surface area contributed by atoms with E-state index in [1.165, 1.54) is 0 Å². The lowest BCUT2D eigenvalue weighted by atomic mass is 9.75. The first-order valence-electron chi connectivity index (χ1n) is 7.96. The number of ether oxygens (including phenoxy) is 1. The summed E-state index contributed by atoms with van der Waals surface area (Å²) in [5.41, 5.74) is 14.4. The Morgan fingerprint density at radius 1 is 1.16 bits per heavy atom. The number of rotatable bonds is 2. The maximum atomic E-state index is 9.65. The summed E-state index contributed by atoms with van der Waals surface area (Å²) in [6.07, 6.45) is 1.35. The number of fused-ring (bicyclic) bond motifs is 1. The molecule has 0 radical (unpaired) electrons. The first kappa shape index (κ1) is 15.4. The van der Waals surface area contributed by atoms with Crippen molar-refractivity contribution in [2.75, 3.05) is 0 Å². The minimum atomic E-state index is -0.386. The topological polar surface area (TPSA) is 116 Å². The minimum Gasteiger partial charge on any atom is -0.508 e. The van der Waals surface area contributed by atoms with Crippen LogP contribution in [0.5, 0.6) is 5.75 Å². The zero-order valence-corrected chi connectivity index (χ0v) is 13.3. The summed E-state index contributed by atoms with van der Waals surface area (Å²) in [4.78, 5) is 4.44. The molecule has 4 atom stereocenters. The van der Waals surface area contributed by atoms with E-state index in [9.17, 15) is 10.4 Å². The van der Waals surface area contributed by atoms with E-state index in [0.29, 0.717) is 5.57 Å². The average Bonchev–Trinajstić information content (AvgIpc) is 3.05. The molecule has 1 fully saturated rings. The molecule has 7 heteroatoms. The van der Waals surface area contributed by atoms with Gasteiger partial charge in [-0.3, -0.25) is 4.98 Å². The number of allylic oxidation sites excluding steroid dienone is 1. The van der Waals surface area contributed by atoms with E-state index in [2.05, 4.69) is 21.9 Å². The highest BCUT2D eigenvalue weighted by molar-refractivity contribution is 5.43. The standard InChI is InChI=1S/C18H17N5O2/c19-9-12-14(10-4-6-11(24)7-5-10)15-16(13-3-1-2-8-21-13)22-23-18(15)25-17(12)20/h1-8,14-16,18,22-24H,20H2. The Hall–Kier alpha value is -3.08. The molecule has 2 aromatic rings. The van der Waals surface area contributed by atoms with Crippen molar-refractivity contribution in [3.05, 3.63) is 71.4 Å². The number of benzene rings is 1. The number of nitrogens with one attached hydrogen (secondary N) is 2. The van der Waals surface area contributed by atoms with Crippen molar-refractivity contribution in [1.29, 1.82) is 5.26 Å². The van der Waals surface area contributed by atoms with Crippen molar-refractivity contribution >= 4 is 0 Å². The van der Waals surface area contributed by atoms with E-state index in [-0.39, 0.29) is 35.7 Å². The number of aromatic nitrogens is 1. The summed E-state index contributed by atoms with van der Waals surface area (Å²) >= 11 is 0. The van der Waals surface area contributed by atoms with Gasteiger partial charge in [0.05, 0.1) is 17.3 Å². The van der Waals surface area contributed by atoms with E-state index in [1.807, 2.05) is 18.2 Å². The van der Waals surface area contributed by atoms with Gasteiger partial charge >= 0.3 is 0 Å². The van der Waals surface area contributed by atoms with Crippen molar-refractivity contribution in [1.82, 2.24) is 15.8 Å². The van der Waals surface area contributed by atoms with Crippen LogP contribution in [0, 0.1) is 17.2 Å². The molecular formula is C18H17N5O2. The molecular weight excluding hydrogens is 318 g/mol. The summed E-state index contributed by atoms with van der Waals surface area (Å²) in [6, 6.07) is 14.6. The van der Waals surface area contributed by atoms with Crippen LogP contribution < -0.4 is 16.6 Å². The Balaban J connectivity index is 1.82. The zero-order chi connectivity index (χ0) is 17.4. The van der Waals surface area contributed by atoms with Gasteiger partial charge in [-0.25, -0.2) is 10.9 Å². The van der Waals surface area contributed by atoms with Gasteiger partial charge in [-0.2, -0.15) is 5.26 Å². The highest BCUT2D eigenvalue weighted by Gasteiger charge is 2.49. The SMILES string of the molecule is N#CC1=C(N)OC2NNC(c3ccccn3)C2C1c1ccc(O)cc1. The number of hydrogen-bond acceptors (Lipinski definition) is 7. The lowest BCUT2D eigenvalue weighted by molar-refractivity contribution is 0.0338. The number of nitrogens with zero attached hydrogens (tertiary/aromatic N) is 2. The van der Waals surface area contributed by atoms with E-state index < -0.39 is 0 Å². The number of nitriles is 1. The monoisotopic (exact) mass is 335 g/mol. The molecule has 3 heterocycles. The van der Waals surface area contributed by atoms with Crippen molar-refractivity contribution in [3.8, 4) is 11.8 Å². The lowest BCUT2D eigenvalue weighted by Crippen LogP contribution is -2.41. The second kappa shape index (κ2) is 6.09. The van der Waals surface area contributed by atoms with Crippen LogP contribution in [0.25, 0.3) is 0 Å². The van der Waals surface area contributed by atoms with Gasteiger partial charge in [-0.1, -0.05) is 18.2 Å². The largest absolute Gasteiger partial charge is 0.508 e. The zero-order valence-electron chi connectivity index (χ0n) is 13.3. The van der Waals surface area contributed by atoms with Crippen molar-refractivity contribution < 1.29 is 9.84 Å². The molecule has 2 aliphatic heterocycles. The normalized spacial score (nSPS) is 28.1. The van der Waals surface area contributed by atoms with Gasteiger partial charge in [0.15, 0.2) is 6.23 Å². The molecule has 0 saturated carbocycles. The predicted molar refractivity (Wildman–Crippen MR) is 89.3 cm³/mol. The summed E-state index contributed by atoms with van der Waals surface area (Å²) in [7, 11) is 0. The molecule has 25 heavy (non-hydrogen) atoms. The maximum Gasteiger partial charge on any atom is 0.200 e. The number of phenolic OH excluding ortho intramolecular Hbond substituents is 1. The van der Waals surface area contributed by atoms with Crippen LogP contribution in [0.3, 0.4) is 0 Å². The average molecular weight is 335 g/mol. The summed E-state index contributed by atoms with van der Waals surface area (Å²) < 4.78 is 5.73. The Bertz CT molecular complexity index is 844. The lowest BCUT2D eigenvalue weighted by Gasteiger charge is -2.35. The van der Waals surface area contributed by atoms with Gasteiger partial charge in [0.1, 0.15) is 11.8 Å². The third-order valence-electron chi connectivity index (χ3n) is 4.71. The van der Waals surface area contributed by atoms with Gasteiger partial charge in [0, 0.05) is 18.0 Å². The van der Waals surface area contributed by atoms with E-state index in [1.54, 1.807) is 30.5 Å². The predicted octanol–water partition coefficient (Wildman–Crippen LogP) is 1.39. The van der Waals surface area contributed by atoms with Crippen LogP contribution in [-0.4, -0.2) is 16.3 Å². The number of phenols is 1. The van der Waals surface area contributed by atoms with Gasteiger partial charge < -0.3 is 15.6 Å². The van der Waals surface area contributed by atoms with Crippen LogP contribution in [0.2, 0.25) is 0 Å². The highest BCUT2D eigenvalue weighted by Crippen LogP contribution is 2.47. The third-order valence-corrected chi connectivity index (χ3v) is 4.71. The van der Waals surface area contributed by atoms with Crippen LogP contribution in [0.4, 0.5) is 0 Å². The molecule has 0 spiro atoms. The smallest absolute Gasteiger partial charge is 0.200 e. The molecule has 4 unspecified atom stereocenters. The molecule has 4 rings (SSSR count). The van der Waals surface area contributed by atoms with Crippen LogP contribution in [0.1, 0.15) is 23.2 Å². The molecule has 126 valence electrons. The molecule has 0 bridgehead atoms. The molecule has 1 aromatic heterocycles. The van der Waals surface area contributed by atoms with Crippen LogP contribution in [-0.2, 0) is 4.74 Å². The second-order valence-electron chi connectivity index (χ2n) is 6.10. The molecule has 0 amide bonds. The Morgan fingerprint density at radius 2 is 1.96 bits per heavy atom. The first-order valence-corrected chi connectivity index (χ1v) is 7.96. The molecule has 7 nitrogen and oxygen atoms in total. The fourth-order valence-electron chi connectivity index (χ4n) is 3.59. The molecule has 1 saturated heterocycles. The third kappa shape index (κ3) is 2.58. The Kier molecular flexibility index (Phi) is 3.76. The van der Waals surface area contributed by atoms with E-state index in [4.69, 9.17) is 10.5 Å². The number of pyridine rings is 1. The first-order chi connectivity index (χ1) is 12.2. The second-order valence-corrected chi connectivity index (χ2v) is 6.10. The summed E-state index contributed by atoms with van der Waals surface area (Å²) in [5, 5.41) is 19.2. The van der Waals surface area contributed by atoms with Crippen molar-refractivity contribution in [3.63, 3.8) is 0 Å². The van der Waals surface area contributed by atoms with Crippen molar-refractivity contribution in [2.45, 2.75) is 18.2 Å². The summed E-state index contributed by atoms with van der Waals surface area (Å²) in [6.45, 7) is 0. The van der Waals surface area contributed by atoms with E-state index in [0.717, 1.165) is 11.3 Å². The molecule has 1 aromatic carbocycles. The minimum absolute atomic E-state index is 0.123. The fourth-order valence-corrected chi connectivity index (χ4v) is 3.59. The molecule has 2 aliphatic rings. The maximum absolute atomic E-state index is 9.65. The van der Waals surface area contributed by atoms with Gasteiger partial charge in [0.25, 0.3) is 0 Å². The summed E-state index contributed by atoms with van der Waals surface area (Å²) in [5.74, 6) is -0.107. The van der Waals surface area contributed by atoms with Crippen LogP contribution >= 0.6 is 0 Å². The Morgan fingerprint density at radius 3 is 2.64 bits per heavy atom.